The number of thiazole rings is 1. The number of nitro groups is 1. The van der Waals surface area contributed by atoms with Gasteiger partial charge in [0.1, 0.15) is 17.9 Å². The van der Waals surface area contributed by atoms with Gasteiger partial charge < -0.3 is 15.2 Å². The van der Waals surface area contributed by atoms with Gasteiger partial charge in [-0.3, -0.25) is 10.1 Å². The molecule has 1 aromatic carbocycles. The topological polar surface area (TPSA) is 101 Å². The van der Waals surface area contributed by atoms with Gasteiger partial charge in [-0.25, -0.2) is 4.98 Å². The van der Waals surface area contributed by atoms with E-state index < -0.39 is 4.92 Å². The van der Waals surface area contributed by atoms with Crippen LogP contribution >= 0.6 is 11.3 Å². The third-order valence-electron chi connectivity index (χ3n) is 2.37. The number of fused-ring (bicyclic) bond motifs is 3. The van der Waals surface area contributed by atoms with Crippen LogP contribution in [0.15, 0.2) is 6.07 Å². The molecule has 0 radical (unpaired) electrons. The van der Waals surface area contributed by atoms with E-state index in [9.17, 15) is 10.1 Å². The number of benzene rings is 1. The maximum atomic E-state index is 10.9. The van der Waals surface area contributed by atoms with Crippen molar-refractivity contribution in [1.29, 1.82) is 0 Å². The molecule has 3 rings (SSSR count). The van der Waals surface area contributed by atoms with Crippen LogP contribution in [-0.2, 0) is 0 Å². The number of non-ortho nitro benzene ring substituents is 1. The summed E-state index contributed by atoms with van der Waals surface area (Å²) in [5.41, 5.74) is 5.72. The van der Waals surface area contributed by atoms with Gasteiger partial charge in [0.15, 0.2) is 22.1 Å². The quantitative estimate of drug-likeness (QED) is 0.611. The van der Waals surface area contributed by atoms with Gasteiger partial charge in [0.2, 0.25) is 0 Å². The molecule has 0 atom stereocenters. The fraction of sp³-hybridized carbons (Fsp3) is 0.222. The number of nitrogen functional groups attached to an aromatic ring is 1. The highest BCUT2D eigenvalue weighted by Crippen LogP contribution is 2.45. The molecule has 2 N–H and O–H groups in total. The Morgan fingerprint density at radius 1 is 1.47 bits per heavy atom. The smallest absolute Gasteiger partial charge is 0.300 e. The van der Waals surface area contributed by atoms with Gasteiger partial charge >= 0.3 is 0 Å². The molecular weight excluding hydrogens is 246 g/mol. The molecule has 0 bridgehead atoms. The monoisotopic (exact) mass is 253 g/mol. The summed E-state index contributed by atoms with van der Waals surface area (Å²) < 4.78 is 11.4. The van der Waals surface area contributed by atoms with Gasteiger partial charge in [0.25, 0.3) is 5.69 Å². The summed E-state index contributed by atoms with van der Waals surface area (Å²) in [5, 5.41) is 11.2. The molecule has 17 heavy (non-hydrogen) atoms. The molecule has 0 fully saturated rings. The van der Waals surface area contributed by atoms with E-state index in [1.807, 2.05) is 0 Å². The molecule has 1 aliphatic rings. The van der Waals surface area contributed by atoms with Crippen molar-refractivity contribution in [3.63, 3.8) is 0 Å². The SMILES string of the molecule is Nc1nc2c([N+](=O)[O-])cc3c(c2s1)OCCO3. The van der Waals surface area contributed by atoms with Crippen molar-refractivity contribution in [1.82, 2.24) is 4.98 Å². The van der Waals surface area contributed by atoms with E-state index in [1.54, 1.807) is 0 Å². The van der Waals surface area contributed by atoms with E-state index >= 15 is 0 Å². The summed E-state index contributed by atoms with van der Waals surface area (Å²) in [5.74, 6) is 0.866. The first kappa shape index (κ1) is 10.1. The lowest BCUT2D eigenvalue weighted by atomic mass is 10.2. The van der Waals surface area contributed by atoms with Crippen LogP contribution in [0.25, 0.3) is 10.2 Å². The van der Waals surface area contributed by atoms with Crippen molar-refractivity contribution < 1.29 is 14.4 Å². The Balaban J connectivity index is 2.39. The lowest BCUT2D eigenvalue weighted by molar-refractivity contribution is -0.383. The number of hydrogen-bond acceptors (Lipinski definition) is 7. The summed E-state index contributed by atoms with van der Waals surface area (Å²) in [7, 11) is 0. The number of ether oxygens (including phenoxy) is 2. The maximum absolute atomic E-state index is 10.9. The molecular formula is C9H7N3O4S. The molecule has 1 aromatic heterocycles. The van der Waals surface area contributed by atoms with Crippen LogP contribution in [0.5, 0.6) is 11.5 Å². The van der Waals surface area contributed by atoms with E-state index in [0.29, 0.717) is 29.4 Å². The average molecular weight is 253 g/mol. The largest absolute Gasteiger partial charge is 0.486 e. The van der Waals surface area contributed by atoms with Crippen molar-refractivity contribution in [2.45, 2.75) is 0 Å². The predicted molar refractivity (Wildman–Crippen MR) is 61.7 cm³/mol. The van der Waals surface area contributed by atoms with Crippen molar-refractivity contribution in [3.05, 3.63) is 16.2 Å². The van der Waals surface area contributed by atoms with Crippen LogP contribution in [0.4, 0.5) is 10.8 Å². The second kappa shape index (κ2) is 3.45. The minimum absolute atomic E-state index is 0.114. The minimum Gasteiger partial charge on any atom is -0.486 e. The van der Waals surface area contributed by atoms with E-state index in [-0.39, 0.29) is 16.3 Å². The molecule has 0 amide bonds. The van der Waals surface area contributed by atoms with E-state index in [4.69, 9.17) is 15.2 Å². The standard InChI is InChI=1S/C9H7N3O4S/c10-9-11-6-4(12(13)14)3-5-7(8(6)17-9)16-2-1-15-5/h3H,1-2H2,(H2,10,11). The second-order valence-electron chi connectivity index (χ2n) is 3.41. The van der Waals surface area contributed by atoms with Gasteiger partial charge in [-0.05, 0) is 0 Å². The van der Waals surface area contributed by atoms with Crippen LogP contribution < -0.4 is 15.2 Å². The second-order valence-corrected chi connectivity index (χ2v) is 4.44. The number of aromatic nitrogens is 1. The molecule has 7 nitrogen and oxygen atoms in total. The first-order valence-corrected chi connectivity index (χ1v) is 5.61. The Hall–Kier alpha value is -2.09. The minimum atomic E-state index is -0.500. The number of nitro benzene ring substituents is 1. The van der Waals surface area contributed by atoms with E-state index in [2.05, 4.69) is 4.98 Å². The molecule has 0 saturated carbocycles. The molecule has 0 spiro atoms. The van der Waals surface area contributed by atoms with Gasteiger partial charge in [-0.2, -0.15) is 0 Å². The van der Waals surface area contributed by atoms with Gasteiger partial charge in [-0.1, -0.05) is 11.3 Å². The number of nitrogens with two attached hydrogens (primary N) is 1. The predicted octanol–water partition coefficient (Wildman–Crippen LogP) is 1.56. The summed E-state index contributed by atoms with van der Waals surface area (Å²) >= 11 is 1.16. The van der Waals surface area contributed by atoms with E-state index in [0.717, 1.165) is 11.3 Å². The van der Waals surface area contributed by atoms with Crippen molar-refractivity contribution in [2.75, 3.05) is 18.9 Å². The maximum Gasteiger partial charge on any atom is 0.300 e. The zero-order chi connectivity index (χ0) is 12.0. The van der Waals surface area contributed by atoms with Crippen LogP contribution in [0.2, 0.25) is 0 Å². The van der Waals surface area contributed by atoms with Crippen LogP contribution in [0.1, 0.15) is 0 Å². The Kier molecular flexibility index (Phi) is 2.05. The number of nitrogens with zero attached hydrogens (tertiary/aromatic N) is 2. The van der Waals surface area contributed by atoms with Crippen LogP contribution in [0.3, 0.4) is 0 Å². The Morgan fingerprint density at radius 3 is 3.00 bits per heavy atom. The number of hydrogen-bond donors (Lipinski definition) is 1. The summed E-state index contributed by atoms with van der Waals surface area (Å²) in [4.78, 5) is 14.4. The van der Waals surface area contributed by atoms with Crippen molar-refractivity contribution in [2.24, 2.45) is 0 Å². The first-order valence-electron chi connectivity index (χ1n) is 4.80. The fourth-order valence-electron chi connectivity index (χ4n) is 1.71. The number of anilines is 1. The van der Waals surface area contributed by atoms with Crippen molar-refractivity contribution >= 4 is 32.4 Å². The third kappa shape index (κ3) is 1.45. The molecule has 2 aromatic rings. The zero-order valence-corrected chi connectivity index (χ0v) is 9.32. The first-order chi connectivity index (χ1) is 8.16. The molecule has 0 aliphatic carbocycles. The normalized spacial score (nSPS) is 13.9. The molecule has 0 saturated heterocycles. The summed E-state index contributed by atoms with van der Waals surface area (Å²) in [6.45, 7) is 0.793. The molecule has 88 valence electrons. The van der Waals surface area contributed by atoms with Gasteiger partial charge in [0, 0.05) is 0 Å². The van der Waals surface area contributed by atoms with Crippen LogP contribution in [0, 0.1) is 10.1 Å². The Morgan fingerprint density at radius 2 is 2.24 bits per heavy atom. The summed E-state index contributed by atoms with van der Waals surface area (Å²) in [6.07, 6.45) is 0. The van der Waals surface area contributed by atoms with E-state index in [1.165, 1.54) is 6.07 Å². The lowest BCUT2D eigenvalue weighted by Crippen LogP contribution is -2.15. The average Bonchev–Trinajstić information content (AvgIpc) is 2.69. The summed E-state index contributed by atoms with van der Waals surface area (Å²) in [6, 6.07) is 1.33. The van der Waals surface area contributed by atoms with Gasteiger partial charge in [-0.15, -0.1) is 0 Å². The zero-order valence-electron chi connectivity index (χ0n) is 8.50. The molecule has 1 aliphatic heterocycles. The fourth-order valence-corrected chi connectivity index (χ4v) is 2.56. The molecule has 0 unspecified atom stereocenters. The Labute approximate surface area is 98.9 Å². The highest BCUT2D eigenvalue weighted by Gasteiger charge is 2.26. The Bertz CT molecular complexity index is 624. The van der Waals surface area contributed by atoms with Gasteiger partial charge in [0.05, 0.1) is 11.0 Å². The molecule has 2 heterocycles. The molecule has 8 heteroatoms. The van der Waals surface area contributed by atoms with Crippen LogP contribution in [-0.4, -0.2) is 23.1 Å². The lowest BCUT2D eigenvalue weighted by Gasteiger charge is -2.18. The number of rotatable bonds is 1. The van der Waals surface area contributed by atoms with Crippen molar-refractivity contribution in [3.8, 4) is 11.5 Å². The third-order valence-corrected chi connectivity index (χ3v) is 3.25. The highest BCUT2D eigenvalue weighted by atomic mass is 32.1. The highest BCUT2D eigenvalue weighted by molar-refractivity contribution is 7.22.